The molecule has 0 aliphatic rings. The molecule has 0 fully saturated rings. The Morgan fingerprint density at radius 2 is 1.61 bits per heavy atom. The van der Waals surface area contributed by atoms with Crippen LogP contribution in [0.15, 0.2) is 60.8 Å². The summed E-state index contributed by atoms with van der Waals surface area (Å²) >= 11 is 5.76. The van der Waals surface area contributed by atoms with Crippen molar-refractivity contribution in [1.82, 2.24) is 4.98 Å². The molecule has 0 aliphatic heterocycles. The minimum absolute atomic E-state index is 0.169. The third kappa shape index (κ3) is 6.41. The summed E-state index contributed by atoms with van der Waals surface area (Å²) in [6, 6.07) is 11.8. The smallest absolute Gasteiger partial charge is 0.417 e. The topological polar surface area (TPSA) is 90.9 Å². The lowest BCUT2D eigenvalue weighted by molar-refractivity contribution is -0.137. The third-order valence-electron chi connectivity index (χ3n) is 6.02. The fraction of sp³-hybridized carbons (Fsp3) is 0.172. The number of amides is 1. The SMILES string of the molecule is COc1cc2nccc(Nc3ccc(Cl)c(C(F)(F)F)c3)c2cc1NC(=O)C=Cc1ccc(OC)c(OC)c1OC. The van der Waals surface area contributed by atoms with Crippen LogP contribution in [0.1, 0.15) is 11.1 Å². The minimum Gasteiger partial charge on any atom is -0.494 e. The number of pyridine rings is 1. The van der Waals surface area contributed by atoms with Crippen LogP contribution in [0.3, 0.4) is 0 Å². The zero-order valence-electron chi connectivity index (χ0n) is 22.4. The van der Waals surface area contributed by atoms with E-state index in [1.165, 1.54) is 52.8 Å². The fourth-order valence-electron chi connectivity index (χ4n) is 4.12. The van der Waals surface area contributed by atoms with Crippen molar-refractivity contribution in [1.29, 1.82) is 0 Å². The number of alkyl halides is 3. The van der Waals surface area contributed by atoms with E-state index in [9.17, 15) is 18.0 Å². The number of benzene rings is 3. The Labute approximate surface area is 238 Å². The molecule has 1 heterocycles. The highest BCUT2D eigenvalue weighted by molar-refractivity contribution is 6.31. The van der Waals surface area contributed by atoms with Crippen molar-refractivity contribution < 1.29 is 36.9 Å². The van der Waals surface area contributed by atoms with Gasteiger partial charge in [0.05, 0.1) is 50.2 Å². The molecule has 1 aromatic heterocycles. The maximum Gasteiger partial charge on any atom is 0.417 e. The van der Waals surface area contributed by atoms with Crippen molar-refractivity contribution in [3.63, 3.8) is 0 Å². The fourth-order valence-corrected chi connectivity index (χ4v) is 4.35. The van der Waals surface area contributed by atoms with Gasteiger partial charge in [0.2, 0.25) is 11.7 Å². The number of carbonyl (C=O) groups excluding carboxylic acids is 1. The Hall–Kier alpha value is -4.64. The van der Waals surface area contributed by atoms with Gasteiger partial charge >= 0.3 is 6.18 Å². The van der Waals surface area contributed by atoms with E-state index < -0.39 is 22.7 Å². The van der Waals surface area contributed by atoms with E-state index in [1.54, 1.807) is 36.4 Å². The van der Waals surface area contributed by atoms with Crippen LogP contribution in [0, 0.1) is 0 Å². The standard InChI is InChI=1S/C29H25ClF3N3O5/c1-38-24-9-5-16(27(40-3)28(24)41-4)6-10-26(37)36-23-14-18-21(11-12-34-22(18)15-25(23)39-2)35-17-7-8-20(30)19(13-17)29(31,32)33/h5-15H,1-4H3,(H,34,35)(H,36,37). The number of ether oxygens (including phenoxy) is 4. The summed E-state index contributed by atoms with van der Waals surface area (Å²) in [4.78, 5) is 17.2. The average molecular weight is 588 g/mol. The number of rotatable bonds is 9. The van der Waals surface area contributed by atoms with Crippen molar-refractivity contribution >= 4 is 51.5 Å². The maximum atomic E-state index is 13.4. The lowest BCUT2D eigenvalue weighted by atomic mass is 10.1. The molecule has 0 aliphatic carbocycles. The molecule has 8 nitrogen and oxygen atoms in total. The number of nitrogens with zero attached hydrogens (tertiary/aromatic N) is 1. The quantitative estimate of drug-likeness (QED) is 0.198. The predicted molar refractivity (Wildman–Crippen MR) is 152 cm³/mol. The van der Waals surface area contributed by atoms with Gasteiger partial charge in [0.15, 0.2) is 11.5 Å². The van der Waals surface area contributed by atoms with E-state index in [1.807, 2.05) is 0 Å². The van der Waals surface area contributed by atoms with Gasteiger partial charge in [-0.25, -0.2) is 0 Å². The maximum absolute atomic E-state index is 13.4. The molecular weight excluding hydrogens is 563 g/mol. The Balaban J connectivity index is 1.65. The molecule has 0 saturated carbocycles. The minimum atomic E-state index is -4.62. The first-order chi connectivity index (χ1) is 19.6. The van der Waals surface area contributed by atoms with Crippen molar-refractivity contribution in [2.75, 3.05) is 39.1 Å². The Morgan fingerprint density at radius 1 is 0.878 bits per heavy atom. The molecule has 4 aromatic rings. The van der Waals surface area contributed by atoms with Gasteiger partial charge in [-0.3, -0.25) is 9.78 Å². The van der Waals surface area contributed by atoms with Crippen LogP contribution < -0.4 is 29.6 Å². The number of aromatic nitrogens is 1. The Bertz CT molecular complexity index is 1630. The summed E-state index contributed by atoms with van der Waals surface area (Å²) in [5.74, 6) is 1.09. The zero-order valence-corrected chi connectivity index (χ0v) is 23.1. The number of hydrogen-bond donors (Lipinski definition) is 2. The molecule has 214 valence electrons. The number of halogens is 4. The number of nitrogens with one attached hydrogen (secondary N) is 2. The molecule has 3 aromatic carbocycles. The van der Waals surface area contributed by atoms with Crippen LogP contribution >= 0.6 is 11.6 Å². The summed E-state index contributed by atoms with van der Waals surface area (Å²) in [6.07, 6.45) is -0.254. The number of methoxy groups -OCH3 is 4. The van der Waals surface area contributed by atoms with Crippen LogP contribution in [0.25, 0.3) is 17.0 Å². The molecule has 2 N–H and O–H groups in total. The van der Waals surface area contributed by atoms with E-state index >= 15 is 0 Å². The van der Waals surface area contributed by atoms with Crippen LogP contribution in [-0.2, 0) is 11.0 Å². The summed E-state index contributed by atoms with van der Waals surface area (Å²) in [5.41, 5.74) is 1.03. The number of hydrogen-bond acceptors (Lipinski definition) is 7. The lowest BCUT2D eigenvalue weighted by Gasteiger charge is -2.15. The third-order valence-corrected chi connectivity index (χ3v) is 6.35. The van der Waals surface area contributed by atoms with E-state index in [0.717, 1.165) is 6.07 Å². The molecule has 0 bridgehead atoms. The Kier molecular flexibility index (Phi) is 8.77. The lowest BCUT2D eigenvalue weighted by Crippen LogP contribution is -2.09. The van der Waals surface area contributed by atoms with Gasteiger partial charge in [-0.15, -0.1) is 0 Å². The van der Waals surface area contributed by atoms with Gasteiger partial charge in [0.1, 0.15) is 5.75 Å². The monoisotopic (exact) mass is 587 g/mol. The molecule has 0 spiro atoms. The van der Waals surface area contributed by atoms with Gasteiger partial charge in [-0.1, -0.05) is 11.6 Å². The van der Waals surface area contributed by atoms with Gasteiger partial charge < -0.3 is 29.6 Å². The number of anilines is 3. The van der Waals surface area contributed by atoms with Gasteiger partial charge in [0.25, 0.3) is 0 Å². The molecular formula is C29H25ClF3N3O5. The first-order valence-electron chi connectivity index (χ1n) is 12.0. The van der Waals surface area contributed by atoms with Crippen molar-refractivity contribution in [2.45, 2.75) is 6.18 Å². The highest BCUT2D eigenvalue weighted by atomic mass is 35.5. The Morgan fingerprint density at radius 3 is 2.27 bits per heavy atom. The molecule has 12 heteroatoms. The number of carbonyl (C=O) groups is 1. The van der Waals surface area contributed by atoms with E-state index in [-0.39, 0.29) is 5.69 Å². The second kappa shape index (κ2) is 12.3. The first-order valence-corrected chi connectivity index (χ1v) is 12.4. The normalized spacial score (nSPS) is 11.4. The second-order valence-corrected chi connectivity index (χ2v) is 8.90. The second-order valence-electron chi connectivity index (χ2n) is 8.49. The molecule has 0 radical (unpaired) electrons. The van der Waals surface area contributed by atoms with Gasteiger partial charge in [-0.05, 0) is 48.5 Å². The van der Waals surface area contributed by atoms with Crippen LogP contribution in [0.4, 0.5) is 30.2 Å². The van der Waals surface area contributed by atoms with Gasteiger partial charge in [-0.2, -0.15) is 13.2 Å². The predicted octanol–water partition coefficient (Wildman–Crippen LogP) is 7.34. The largest absolute Gasteiger partial charge is 0.494 e. The highest BCUT2D eigenvalue weighted by Crippen LogP contribution is 2.41. The first kappa shape index (κ1) is 29.3. The number of fused-ring (bicyclic) bond motifs is 1. The van der Waals surface area contributed by atoms with Crippen LogP contribution in [0.5, 0.6) is 23.0 Å². The molecule has 4 rings (SSSR count). The van der Waals surface area contributed by atoms with Crippen molar-refractivity contribution in [3.05, 3.63) is 77.0 Å². The summed E-state index contributed by atoms with van der Waals surface area (Å²) in [6.45, 7) is 0. The van der Waals surface area contributed by atoms with E-state index in [2.05, 4.69) is 15.6 Å². The molecule has 1 amide bonds. The molecule has 0 atom stereocenters. The zero-order chi connectivity index (χ0) is 29.7. The summed E-state index contributed by atoms with van der Waals surface area (Å²) in [7, 11) is 5.90. The molecule has 0 saturated heterocycles. The molecule has 0 unspecified atom stereocenters. The van der Waals surface area contributed by atoms with Crippen LogP contribution in [0.2, 0.25) is 5.02 Å². The van der Waals surface area contributed by atoms with Crippen molar-refractivity contribution in [2.24, 2.45) is 0 Å². The summed E-state index contributed by atoms with van der Waals surface area (Å²) < 4.78 is 61.6. The average Bonchev–Trinajstić information content (AvgIpc) is 2.95. The van der Waals surface area contributed by atoms with Gasteiger partial charge in [0, 0.05) is 40.7 Å². The van der Waals surface area contributed by atoms with E-state index in [0.29, 0.717) is 50.8 Å². The summed E-state index contributed by atoms with van der Waals surface area (Å²) in [5, 5.41) is 5.87. The van der Waals surface area contributed by atoms with Crippen molar-refractivity contribution in [3.8, 4) is 23.0 Å². The molecule has 41 heavy (non-hydrogen) atoms. The van der Waals surface area contributed by atoms with E-state index in [4.69, 9.17) is 30.5 Å². The van der Waals surface area contributed by atoms with Crippen LogP contribution in [-0.4, -0.2) is 39.3 Å². The highest BCUT2D eigenvalue weighted by Gasteiger charge is 2.33.